The van der Waals surface area contributed by atoms with Crippen molar-refractivity contribution in [2.45, 2.75) is 92.4 Å². The molecule has 0 bridgehead atoms. The van der Waals surface area contributed by atoms with Crippen molar-refractivity contribution in [3.8, 4) is 0 Å². The number of hydrogen-bond donors (Lipinski definition) is 0. The molecular weight excluding hydrogens is 619 g/mol. The summed E-state index contributed by atoms with van der Waals surface area (Å²) >= 11 is 2.87. The topological polar surface area (TPSA) is 155 Å². The van der Waals surface area contributed by atoms with Gasteiger partial charge in [0.15, 0.2) is 0 Å². The molecule has 1 aromatic carbocycles. The van der Waals surface area contributed by atoms with E-state index >= 15 is 0 Å². The van der Waals surface area contributed by atoms with Crippen molar-refractivity contribution in [2.75, 3.05) is 11.5 Å². The van der Waals surface area contributed by atoms with Crippen LogP contribution in [0.1, 0.15) is 59.6 Å². The molecule has 5 atom stereocenters. The first kappa shape index (κ1) is 34.4. The van der Waals surface area contributed by atoms with E-state index in [1.165, 1.54) is 18.7 Å². The molecule has 1 saturated heterocycles. The number of rotatable bonds is 11. The molecule has 2 rings (SSSR count). The van der Waals surface area contributed by atoms with Crippen molar-refractivity contribution in [3.05, 3.63) is 29.3 Å². The molecule has 0 aliphatic carbocycles. The number of carbonyl (C=O) groups excluding carboxylic acids is 6. The van der Waals surface area contributed by atoms with Gasteiger partial charge in [-0.2, -0.15) is 0 Å². The molecule has 1 aromatic rings. The van der Waals surface area contributed by atoms with E-state index < -0.39 is 72.9 Å². The summed E-state index contributed by atoms with van der Waals surface area (Å²) in [5, 5.41) is 0. The molecule has 0 saturated carbocycles. The summed E-state index contributed by atoms with van der Waals surface area (Å²) < 4.78 is 27.7. The Balaban J connectivity index is 2.90. The van der Waals surface area contributed by atoms with Gasteiger partial charge in [0.05, 0.1) is 0 Å². The second kappa shape index (κ2) is 14.9. The van der Waals surface area contributed by atoms with Crippen LogP contribution in [0.15, 0.2) is 18.2 Å². The monoisotopic (exact) mass is 656 g/mol. The average molecular weight is 656 g/mol. The molecule has 0 aromatic heterocycles. The van der Waals surface area contributed by atoms with E-state index in [4.69, 9.17) is 23.7 Å². The molecular formula is C28H36N2O11Se. The normalized spacial score (nSPS) is 18.4. The van der Waals surface area contributed by atoms with Crippen molar-refractivity contribution < 1.29 is 52.5 Å². The maximum atomic E-state index is 13.2. The Morgan fingerprint density at radius 2 is 1.45 bits per heavy atom. The Hall–Kier alpha value is -3.77. The second-order valence-corrected chi connectivity index (χ2v) is 10.3. The number of benzene rings is 1. The van der Waals surface area contributed by atoms with Gasteiger partial charge >= 0.3 is 252 Å². The number of anilines is 1. The first-order chi connectivity index (χ1) is 19.6. The molecule has 1 heterocycles. The molecule has 230 valence electrons. The standard InChI is InChI=1S/C28H36N2O11Se/c1-9-21-12-10-11-14(2)23(21)30-27(41-20(8)36)24(29(15(3)31)28(30)42)26(40-19(7)35)25(39-18(6)34)22(38-17(5)33)13-37-16(4)32/h10-12,22,24-27H,9,13H2,1-8H3/t22-,24-,25-,26-,27?/m1/s1. The van der Waals surface area contributed by atoms with E-state index in [1.54, 1.807) is 4.90 Å². The van der Waals surface area contributed by atoms with Gasteiger partial charge in [-0.05, 0) is 0 Å². The molecule has 1 fully saturated rings. The Morgan fingerprint density at radius 3 is 1.93 bits per heavy atom. The van der Waals surface area contributed by atoms with E-state index in [0.29, 0.717) is 12.1 Å². The van der Waals surface area contributed by atoms with Gasteiger partial charge in [-0.1, -0.05) is 0 Å². The van der Waals surface area contributed by atoms with Crippen LogP contribution in [-0.4, -0.2) is 98.1 Å². The fourth-order valence-corrected chi connectivity index (χ4v) is 5.76. The van der Waals surface area contributed by atoms with Crippen LogP contribution in [0.25, 0.3) is 0 Å². The van der Waals surface area contributed by atoms with E-state index in [-0.39, 0.29) is 4.67 Å². The summed E-state index contributed by atoms with van der Waals surface area (Å²) in [6.45, 7) is 10.0. The van der Waals surface area contributed by atoms with Crippen LogP contribution < -0.4 is 4.90 Å². The predicted octanol–water partition coefficient (Wildman–Crippen LogP) is 1.10. The summed E-state index contributed by atoms with van der Waals surface area (Å²) in [7, 11) is 0. The summed E-state index contributed by atoms with van der Waals surface area (Å²) in [6, 6.07) is 4.26. The molecule has 0 spiro atoms. The van der Waals surface area contributed by atoms with Crippen molar-refractivity contribution in [1.29, 1.82) is 0 Å². The third kappa shape index (κ3) is 8.38. The van der Waals surface area contributed by atoms with Gasteiger partial charge in [0.25, 0.3) is 0 Å². The average Bonchev–Trinajstić information content (AvgIpc) is 3.13. The van der Waals surface area contributed by atoms with Crippen molar-refractivity contribution in [2.24, 2.45) is 0 Å². The van der Waals surface area contributed by atoms with Crippen molar-refractivity contribution in [3.63, 3.8) is 0 Å². The quantitative estimate of drug-likeness (QED) is 0.191. The Kier molecular flexibility index (Phi) is 12.2. The zero-order valence-corrected chi connectivity index (χ0v) is 26.5. The van der Waals surface area contributed by atoms with Gasteiger partial charge in [-0.25, -0.2) is 0 Å². The summed E-state index contributed by atoms with van der Waals surface area (Å²) in [5.74, 6) is -4.50. The van der Waals surface area contributed by atoms with Gasteiger partial charge in [0.2, 0.25) is 0 Å². The van der Waals surface area contributed by atoms with Crippen molar-refractivity contribution in [1.82, 2.24) is 4.90 Å². The molecule has 0 N–H and O–H groups in total. The molecule has 1 amide bonds. The fraction of sp³-hybridized carbons (Fsp3) is 0.536. The van der Waals surface area contributed by atoms with E-state index in [0.717, 1.165) is 38.8 Å². The van der Waals surface area contributed by atoms with Crippen molar-refractivity contribution >= 4 is 61.7 Å². The molecule has 1 aliphatic heterocycles. The zero-order chi connectivity index (χ0) is 31.9. The summed E-state index contributed by atoms with van der Waals surface area (Å²) in [5.41, 5.74) is 2.28. The van der Waals surface area contributed by atoms with Gasteiger partial charge in [-0.3, -0.25) is 0 Å². The first-order valence-electron chi connectivity index (χ1n) is 13.1. The van der Waals surface area contributed by atoms with Crippen LogP contribution >= 0.6 is 0 Å². The van der Waals surface area contributed by atoms with Gasteiger partial charge in [0.1, 0.15) is 0 Å². The summed E-state index contributed by atoms with van der Waals surface area (Å²) in [6.07, 6.45) is -5.42. The third-order valence-corrected chi connectivity index (χ3v) is 7.05. The Labute approximate surface area is 252 Å². The number of carbonyl (C=O) groups is 6. The number of amides is 1. The van der Waals surface area contributed by atoms with Crippen LogP contribution in [0.3, 0.4) is 0 Å². The fourth-order valence-electron chi connectivity index (χ4n) is 4.83. The van der Waals surface area contributed by atoms with Gasteiger partial charge in [-0.15, -0.1) is 0 Å². The SMILES string of the molecule is CCc1cccc(C)c1N1C(=[Se])N(C(C)=O)[C@H]([C@@H](OC(C)=O)[C@H](OC(C)=O)[C@@H](COC(C)=O)OC(C)=O)C1OC(C)=O. The third-order valence-electron chi connectivity index (χ3n) is 6.23. The molecule has 42 heavy (non-hydrogen) atoms. The molecule has 14 heteroatoms. The van der Waals surface area contributed by atoms with Crippen LogP contribution in [0.5, 0.6) is 0 Å². The van der Waals surface area contributed by atoms with Crippen LogP contribution in [0.2, 0.25) is 0 Å². The predicted molar refractivity (Wildman–Crippen MR) is 149 cm³/mol. The maximum absolute atomic E-state index is 13.2. The number of ether oxygens (including phenoxy) is 5. The molecule has 1 unspecified atom stereocenters. The Morgan fingerprint density at radius 1 is 0.857 bits per heavy atom. The summed E-state index contributed by atoms with van der Waals surface area (Å²) in [4.78, 5) is 77.1. The van der Waals surface area contributed by atoms with Crippen LogP contribution in [0, 0.1) is 6.92 Å². The van der Waals surface area contributed by atoms with E-state index in [2.05, 4.69) is 15.6 Å². The van der Waals surface area contributed by atoms with E-state index in [1.807, 2.05) is 32.0 Å². The van der Waals surface area contributed by atoms with E-state index in [9.17, 15) is 28.8 Å². The number of nitrogens with zero attached hydrogens (tertiary/aromatic N) is 2. The number of aryl methyl sites for hydroxylation is 2. The molecule has 0 radical (unpaired) electrons. The second-order valence-electron chi connectivity index (χ2n) is 9.57. The Bertz CT molecular complexity index is 1250. The van der Waals surface area contributed by atoms with Gasteiger partial charge in [0, 0.05) is 0 Å². The minimum atomic E-state index is -1.62. The van der Waals surface area contributed by atoms with Crippen LogP contribution in [0.4, 0.5) is 5.69 Å². The number of hydrogen-bond acceptors (Lipinski definition) is 12. The van der Waals surface area contributed by atoms with Gasteiger partial charge < -0.3 is 0 Å². The zero-order valence-electron chi connectivity index (χ0n) is 24.8. The minimum absolute atomic E-state index is 0.213. The first-order valence-corrected chi connectivity index (χ1v) is 14.0. The number of esters is 5. The molecule has 13 nitrogen and oxygen atoms in total. The molecule has 1 aliphatic rings. The van der Waals surface area contributed by atoms with Crippen LogP contribution in [-0.2, 0) is 58.9 Å². The number of para-hydroxylation sites is 1.